The minimum absolute atomic E-state index is 0.0260. The third-order valence-electron chi connectivity index (χ3n) is 2.51. The molecule has 0 spiro atoms. The molecule has 1 N–H and O–H groups in total. The first-order valence-corrected chi connectivity index (χ1v) is 4.70. The maximum atomic E-state index is 12.7. The lowest BCUT2D eigenvalue weighted by Gasteiger charge is -2.13. The molecule has 2 rings (SSSR count). The van der Waals surface area contributed by atoms with Crippen molar-refractivity contribution in [2.75, 3.05) is 0 Å². The van der Waals surface area contributed by atoms with E-state index in [-0.39, 0.29) is 22.1 Å². The molecular formula is C12H9F3O. The van der Waals surface area contributed by atoms with Crippen molar-refractivity contribution < 1.29 is 18.3 Å². The van der Waals surface area contributed by atoms with E-state index in [2.05, 4.69) is 0 Å². The fraction of sp³-hybridized carbons (Fsp3) is 0.167. The largest absolute Gasteiger partial charge is 0.507 e. The summed E-state index contributed by atoms with van der Waals surface area (Å²) in [5.74, 6) is -0.0939. The van der Waals surface area contributed by atoms with E-state index in [4.69, 9.17) is 0 Å². The van der Waals surface area contributed by atoms with Gasteiger partial charge in [0.1, 0.15) is 5.75 Å². The van der Waals surface area contributed by atoms with Gasteiger partial charge in [-0.2, -0.15) is 13.2 Å². The van der Waals surface area contributed by atoms with E-state index in [1.807, 2.05) is 0 Å². The van der Waals surface area contributed by atoms with Gasteiger partial charge in [-0.3, -0.25) is 0 Å². The van der Waals surface area contributed by atoms with E-state index in [1.165, 1.54) is 25.1 Å². The number of aryl methyl sites for hydroxylation is 1. The highest BCUT2D eigenvalue weighted by Gasteiger charge is 2.33. The monoisotopic (exact) mass is 226 g/mol. The third-order valence-corrected chi connectivity index (χ3v) is 2.51. The second-order valence-corrected chi connectivity index (χ2v) is 3.63. The van der Waals surface area contributed by atoms with Gasteiger partial charge in [-0.1, -0.05) is 24.3 Å². The summed E-state index contributed by atoms with van der Waals surface area (Å²) in [4.78, 5) is 0. The molecule has 2 aromatic carbocycles. The molecule has 1 nitrogen and oxygen atoms in total. The normalized spacial score (nSPS) is 12.0. The van der Waals surface area contributed by atoms with Crippen LogP contribution in [0.4, 0.5) is 13.2 Å². The number of phenolic OH excluding ortho intramolecular Hbond substituents is 1. The van der Waals surface area contributed by atoms with Crippen LogP contribution >= 0.6 is 0 Å². The van der Waals surface area contributed by atoms with E-state index in [9.17, 15) is 18.3 Å². The van der Waals surface area contributed by atoms with Crippen LogP contribution in [0.5, 0.6) is 5.75 Å². The summed E-state index contributed by atoms with van der Waals surface area (Å²) in [6.07, 6.45) is -4.40. The number of halogens is 3. The standard InChI is InChI=1S/C12H9F3O/c1-7-6-10(12(13,14)15)8-4-2-3-5-9(8)11(7)16/h2-6,16H,1H3. The van der Waals surface area contributed by atoms with Crippen LogP contribution in [0.25, 0.3) is 10.8 Å². The summed E-state index contributed by atoms with van der Waals surface area (Å²) >= 11 is 0. The highest BCUT2D eigenvalue weighted by Crippen LogP contribution is 2.39. The predicted octanol–water partition coefficient (Wildman–Crippen LogP) is 3.87. The highest BCUT2D eigenvalue weighted by molar-refractivity contribution is 5.92. The van der Waals surface area contributed by atoms with Gasteiger partial charge in [0.05, 0.1) is 5.56 Å². The number of phenols is 1. The average molecular weight is 226 g/mol. The van der Waals surface area contributed by atoms with Crippen molar-refractivity contribution in [2.45, 2.75) is 13.1 Å². The summed E-state index contributed by atoms with van der Waals surface area (Å²) in [6.45, 7) is 1.46. The maximum Gasteiger partial charge on any atom is 0.417 e. The van der Waals surface area contributed by atoms with E-state index in [1.54, 1.807) is 6.07 Å². The number of rotatable bonds is 0. The summed E-state index contributed by atoms with van der Waals surface area (Å²) in [5, 5.41) is 9.94. The predicted molar refractivity (Wildman–Crippen MR) is 55.4 cm³/mol. The van der Waals surface area contributed by atoms with Gasteiger partial charge in [-0.05, 0) is 23.9 Å². The summed E-state index contributed by atoms with van der Waals surface area (Å²) in [7, 11) is 0. The lowest BCUT2D eigenvalue weighted by atomic mass is 10.00. The molecule has 0 radical (unpaired) electrons. The van der Waals surface area contributed by atoms with Gasteiger partial charge in [-0.25, -0.2) is 0 Å². The van der Waals surface area contributed by atoms with Crippen LogP contribution < -0.4 is 0 Å². The molecule has 0 unspecified atom stereocenters. The molecule has 0 fully saturated rings. The van der Waals surface area contributed by atoms with Crippen LogP contribution in [0.15, 0.2) is 30.3 Å². The van der Waals surface area contributed by atoms with Crippen LogP contribution in [0.2, 0.25) is 0 Å². The van der Waals surface area contributed by atoms with Gasteiger partial charge in [-0.15, -0.1) is 0 Å². The minimum Gasteiger partial charge on any atom is -0.507 e. The molecule has 0 saturated carbocycles. The molecular weight excluding hydrogens is 217 g/mol. The van der Waals surface area contributed by atoms with Crippen molar-refractivity contribution >= 4 is 10.8 Å². The SMILES string of the molecule is Cc1cc(C(F)(F)F)c2ccccc2c1O. The molecule has 2 aromatic rings. The first kappa shape index (κ1) is 10.8. The Hall–Kier alpha value is -1.71. The Kier molecular flexibility index (Phi) is 2.30. The first-order valence-electron chi connectivity index (χ1n) is 4.70. The zero-order valence-corrected chi connectivity index (χ0v) is 8.47. The highest BCUT2D eigenvalue weighted by atomic mass is 19.4. The van der Waals surface area contributed by atoms with Gasteiger partial charge >= 0.3 is 6.18 Å². The van der Waals surface area contributed by atoms with E-state index in [0.29, 0.717) is 0 Å². The Morgan fingerprint density at radius 2 is 1.62 bits per heavy atom. The lowest BCUT2D eigenvalue weighted by molar-refractivity contribution is -0.136. The molecule has 0 amide bonds. The quantitative estimate of drug-likeness (QED) is 0.722. The van der Waals surface area contributed by atoms with E-state index in [0.717, 1.165) is 6.07 Å². The van der Waals surface area contributed by atoms with Crippen molar-refractivity contribution in [1.82, 2.24) is 0 Å². The van der Waals surface area contributed by atoms with E-state index >= 15 is 0 Å². The van der Waals surface area contributed by atoms with Crippen LogP contribution in [0.1, 0.15) is 11.1 Å². The van der Waals surface area contributed by atoms with Crippen molar-refractivity contribution in [3.05, 3.63) is 41.5 Å². The Morgan fingerprint density at radius 1 is 1.06 bits per heavy atom. The van der Waals surface area contributed by atoms with Crippen molar-refractivity contribution in [3.8, 4) is 5.75 Å². The Balaban J connectivity index is 2.91. The number of alkyl halides is 3. The van der Waals surface area contributed by atoms with Gasteiger partial charge in [0, 0.05) is 5.39 Å². The molecule has 0 heterocycles. The number of benzene rings is 2. The fourth-order valence-corrected chi connectivity index (χ4v) is 1.73. The molecule has 0 saturated heterocycles. The van der Waals surface area contributed by atoms with Crippen LogP contribution in [-0.2, 0) is 6.18 Å². The zero-order valence-electron chi connectivity index (χ0n) is 8.47. The van der Waals surface area contributed by atoms with Gasteiger partial charge < -0.3 is 5.11 Å². The topological polar surface area (TPSA) is 20.2 Å². The second kappa shape index (κ2) is 3.40. The first-order chi connectivity index (χ1) is 7.41. The van der Waals surface area contributed by atoms with Crippen molar-refractivity contribution in [2.24, 2.45) is 0 Å². The molecule has 0 aliphatic rings. The Labute approximate surface area is 90.1 Å². The van der Waals surface area contributed by atoms with Crippen molar-refractivity contribution in [1.29, 1.82) is 0 Å². The summed E-state index contributed by atoms with van der Waals surface area (Å²) in [5.41, 5.74) is -0.482. The van der Waals surface area contributed by atoms with Crippen LogP contribution in [-0.4, -0.2) is 5.11 Å². The number of fused-ring (bicyclic) bond motifs is 1. The average Bonchev–Trinajstić information content (AvgIpc) is 2.22. The Bertz CT molecular complexity index is 544. The lowest BCUT2D eigenvalue weighted by Crippen LogP contribution is -2.06. The Morgan fingerprint density at radius 3 is 2.19 bits per heavy atom. The minimum atomic E-state index is -4.40. The summed E-state index contributed by atoms with van der Waals surface area (Å²) < 4.78 is 38.2. The number of hydrogen-bond acceptors (Lipinski definition) is 1. The van der Waals surface area contributed by atoms with Gasteiger partial charge in [0.15, 0.2) is 0 Å². The van der Waals surface area contributed by atoms with Crippen molar-refractivity contribution in [3.63, 3.8) is 0 Å². The second-order valence-electron chi connectivity index (χ2n) is 3.63. The molecule has 0 bridgehead atoms. The third kappa shape index (κ3) is 1.60. The zero-order chi connectivity index (χ0) is 11.9. The number of hydrogen-bond donors (Lipinski definition) is 1. The van der Waals surface area contributed by atoms with E-state index < -0.39 is 11.7 Å². The number of aromatic hydroxyl groups is 1. The molecule has 84 valence electrons. The van der Waals surface area contributed by atoms with Gasteiger partial charge in [0.25, 0.3) is 0 Å². The molecule has 0 aliphatic heterocycles. The van der Waals surface area contributed by atoms with Crippen LogP contribution in [0.3, 0.4) is 0 Å². The van der Waals surface area contributed by atoms with Crippen LogP contribution in [0, 0.1) is 6.92 Å². The molecule has 0 aromatic heterocycles. The smallest absolute Gasteiger partial charge is 0.417 e. The molecule has 16 heavy (non-hydrogen) atoms. The molecule has 0 atom stereocenters. The summed E-state index contributed by atoms with van der Waals surface area (Å²) in [6, 6.07) is 6.93. The maximum absolute atomic E-state index is 12.7. The fourth-order valence-electron chi connectivity index (χ4n) is 1.73. The molecule has 0 aliphatic carbocycles. The molecule has 4 heteroatoms. The van der Waals surface area contributed by atoms with Gasteiger partial charge in [0.2, 0.25) is 0 Å².